The van der Waals surface area contributed by atoms with Gasteiger partial charge in [-0.1, -0.05) is 48.5 Å². The van der Waals surface area contributed by atoms with Crippen molar-refractivity contribution in [2.24, 2.45) is 0 Å². The lowest BCUT2D eigenvalue weighted by atomic mass is 10.1. The molecule has 5 rings (SSSR count). The molecule has 0 saturated heterocycles. The normalized spacial score (nSPS) is 10.8. The van der Waals surface area contributed by atoms with Gasteiger partial charge >= 0.3 is 0 Å². The van der Waals surface area contributed by atoms with Crippen LogP contribution < -0.4 is 10.6 Å². The van der Waals surface area contributed by atoms with Crippen LogP contribution >= 0.6 is 11.3 Å². The Bertz CT molecular complexity index is 1310. The number of hydrogen-bond donors (Lipinski definition) is 2. The minimum atomic E-state index is 0.883. The van der Waals surface area contributed by atoms with Crippen LogP contribution in [0.5, 0.6) is 0 Å². The molecule has 6 heteroatoms. The first-order valence-corrected chi connectivity index (χ1v) is 11.8. The van der Waals surface area contributed by atoms with E-state index in [-0.39, 0.29) is 0 Å². The van der Waals surface area contributed by atoms with Crippen LogP contribution in [0, 0.1) is 6.92 Å². The molecular formula is C27H25N5S. The highest BCUT2D eigenvalue weighted by Crippen LogP contribution is 2.30. The molecule has 3 aromatic carbocycles. The SMILES string of the molecule is Cc1ccc(NCCc2ccccc2)cc1Nc1nc(-c2ccc(-n3ccnc3)cc2)cs1. The third kappa shape index (κ3) is 5.13. The smallest absolute Gasteiger partial charge is 0.187 e. The van der Waals surface area contributed by atoms with Crippen molar-refractivity contribution in [3.05, 3.63) is 108 Å². The largest absolute Gasteiger partial charge is 0.385 e. The van der Waals surface area contributed by atoms with Gasteiger partial charge in [-0.25, -0.2) is 9.97 Å². The number of benzene rings is 3. The maximum Gasteiger partial charge on any atom is 0.187 e. The van der Waals surface area contributed by atoms with Crippen molar-refractivity contribution < 1.29 is 0 Å². The van der Waals surface area contributed by atoms with Crippen molar-refractivity contribution in [3.8, 4) is 16.9 Å². The van der Waals surface area contributed by atoms with Crippen LogP contribution in [0.4, 0.5) is 16.5 Å². The minimum absolute atomic E-state index is 0.883. The fourth-order valence-corrected chi connectivity index (χ4v) is 4.39. The Hall–Kier alpha value is -3.90. The van der Waals surface area contributed by atoms with Gasteiger partial charge in [-0.3, -0.25) is 0 Å². The highest BCUT2D eigenvalue weighted by molar-refractivity contribution is 7.14. The first-order chi connectivity index (χ1) is 16.2. The van der Waals surface area contributed by atoms with E-state index in [0.717, 1.165) is 46.4 Å². The molecule has 0 amide bonds. The summed E-state index contributed by atoms with van der Waals surface area (Å²) in [5.41, 5.74) is 7.83. The monoisotopic (exact) mass is 451 g/mol. The van der Waals surface area contributed by atoms with Crippen LogP contribution in [0.25, 0.3) is 16.9 Å². The van der Waals surface area contributed by atoms with Gasteiger partial charge in [-0.2, -0.15) is 0 Å². The molecule has 164 valence electrons. The number of imidazole rings is 1. The Morgan fingerprint density at radius 1 is 0.970 bits per heavy atom. The van der Waals surface area contributed by atoms with Gasteiger partial charge in [0.1, 0.15) is 0 Å². The molecule has 5 aromatic rings. The molecule has 0 aliphatic carbocycles. The zero-order valence-corrected chi connectivity index (χ0v) is 19.2. The number of nitrogens with one attached hydrogen (secondary N) is 2. The quantitative estimate of drug-likeness (QED) is 0.275. The van der Waals surface area contributed by atoms with Crippen molar-refractivity contribution in [2.45, 2.75) is 13.3 Å². The molecule has 2 aromatic heterocycles. The van der Waals surface area contributed by atoms with Crippen molar-refractivity contribution in [2.75, 3.05) is 17.2 Å². The Balaban J connectivity index is 1.24. The molecule has 2 N–H and O–H groups in total. The molecule has 0 spiro atoms. The zero-order valence-electron chi connectivity index (χ0n) is 18.4. The predicted molar refractivity (Wildman–Crippen MR) is 138 cm³/mol. The van der Waals surface area contributed by atoms with Gasteiger partial charge in [0, 0.05) is 46.9 Å². The number of aryl methyl sites for hydroxylation is 1. The summed E-state index contributed by atoms with van der Waals surface area (Å²) < 4.78 is 1.99. The second-order valence-electron chi connectivity index (χ2n) is 7.87. The molecule has 0 unspecified atom stereocenters. The van der Waals surface area contributed by atoms with Crippen LogP contribution in [0.1, 0.15) is 11.1 Å². The number of hydrogen-bond acceptors (Lipinski definition) is 5. The summed E-state index contributed by atoms with van der Waals surface area (Å²) in [7, 11) is 0. The van der Waals surface area contributed by atoms with E-state index in [0.29, 0.717) is 0 Å². The molecule has 0 aliphatic heterocycles. The minimum Gasteiger partial charge on any atom is -0.385 e. The van der Waals surface area contributed by atoms with Gasteiger partial charge in [0.05, 0.1) is 12.0 Å². The van der Waals surface area contributed by atoms with E-state index in [2.05, 4.69) is 101 Å². The molecule has 0 fully saturated rings. The zero-order chi connectivity index (χ0) is 22.5. The Morgan fingerprint density at radius 3 is 2.61 bits per heavy atom. The molecule has 33 heavy (non-hydrogen) atoms. The van der Waals surface area contributed by atoms with Crippen LogP contribution in [0.2, 0.25) is 0 Å². The molecule has 0 atom stereocenters. The fourth-order valence-electron chi connectivity index (χ4n) is 3.66. The number of rotatable bonds is 8. The summed E-state index contributed by atoms with van der Waals surface area (Å²) in [6.07, 6.45) is 6.51. The van der Waals surface area contributed by atoms with E-state index in [4.69, 9.17) is 4.98 Å². The van der Waals surface area contributed by atoms with Gasteiger partial charge in [0.15, 0.2) is 5.13 Å². The first-order valence-electron chi connectivity index (χ1n) is 10.9. The standard InChI is InChI=1S/C27H25N5S/c1-20-7-10-23(29-14-13-21-5-3-2-4-6-21)17-25(20)30-27-31-26(18-33-27)22-8-11-24(12-9-22)32-16-15-28-19-32/h2-12,15-19,29H,13-14H2,1H3,(H,30,31). The summed E-state index contributed by atoms with van der Waals surface area (Å²) in [5, 5.41) is 10.0. The van der Waals surface area contributed by atoms with Crippen LogP contribution in [-0.4, -0.2) is 21.1 Å². The molecule has 2 heterocycles. The van der Waals surface area contributed by atoms with Gasteiger partial charge in [-0.05, 0) is 48.7 Å². The first kappa shape index (κ1) is 21.0. The number of anilines is 3. The third-order valence-corrected chi connectivity index (χ3v) is 6.29. The summed E-state index contributed by atoms with van der Waals surface area (Å²) in [6, 6.07) is 25.3. The van der Waals surface area contributed by atoms with Crippen LogP contribution in [0.15, 0.2) is 96.9 Å². The predicted octanol–water partition coefficient (Wildman–Crippen LogP) is 6.70. The lowest BCUT2D eigenvalue weighted by Crippen LogP contribution is -2.05. The Labute approximate surface area is 197 Å². The van der Waals surface area contributed by atoms with Crippen molar-refractivity contribution >= 4 is 27.8 Å². The topological polar surface area (TPSA) is 54.8 Å². The molecule has 0 saturated carbocycles. The molecular weight excluding hydrogens is 426 g/mol. The summed E-state index contributed by atoms with van der Waals surface area (Å²) in [6.45, 7) is 3.00. The maximum absolute atomic E-state index is 4.81. The number of nitrogens with zero attached hydrogens (tertiary/aromatic N) is 3. The van der Waals surface area contributed by atoms with E-state index in [1.165, 1.54) is 11.1 Å². The van der Waals surface area contributed by atoms with E-state index in [1.807, 2.05) is 10.8 Å². The average Bonchev–Trinajstić information content (AvgIpc) is 3.55. The summed E-state index contributed by atoms with van der Waals surface area (Å²) >= 11 is 1.61. The number of aromatic nitrogens is 3. The van der Waals surface area contributed by atoms with Gasteiger partial charge < -0.3 is 15.2 Å². The van der Waals surface area contributed by atoms with Gasteiger partial charge in [-0.15, -0.1) is 11.3 Å². The van der Waals surface area contributed by atoms with Crippen molar-refractivity contribution in [1.82, 2.24) is 14.5 Å². The lowest BCUT2D eigenvalue weighted by Gasteiger charge is -2.11. The Morgan fingerprint density at radius 2 is 1.82 bits per heavy atom. The maximum atomic E-state index is 4.81. The van der Waals surface area contributed by atoms with Gasteiger partial charge in [0.2, 0.25) is 0 Å². The molecule has 0 bridgehead atoms. The number of thiazole rings is 1. The van der Waals surface area contributed by atoms with E-state index >= 15 is 0 Å². The van der Waals surface area contributed by atoms with Crippen molar-refractivity contribution in [3.63, 3.8) is 0 Å². The average molecular weight is 452 g/mol. The highest BCUT2D eigenvalue weighted by atomic mass is 32.1. The highest BCUT2D eigenvalue weighted by Gasteiger charge is 2.08. The molecule has 5 nitrogen and oxygen atoms in total. The Kier molecular flexibility index (Phi) is 6.17. The van der Waals surface area contributed by atoms with E-state index in [9.17, 15) is 0 Å². The van der Waals surface area contributed by atoms with Crippen LogP contribution in [-0.2, 0) is 6.42 Å². The summed E-state index contributed by atoms with van der Waals surface area (Å²) in [4.78, 5) is 8.91. The third-order valence-electron chi connectivity index (χ3n) is 5.53. The molecule has 0 radical (unpaired) electrons. The second-order valence-corrected chi connectivity index (χ2v) is 8.73. The van der Waals surface area contributed by atoms with E-state index in [1.54, 1.807) is 23.9 Å². The fraction of sp³-hybridized carbons (Fsp3) is 0.111. The lowest BCUT2D eigenvalue weighted by molar-refractivity contribution is 1.02. The summed E-state index contributed by atoms with van der Waals surface area (Å²) in [5.74, 6) is 0. The van der Waals surface area contributed by atoms with Gasteiger partial charge in [0.25, 0.3) is 0 Å². The van der Waals surface area contributed by atoms with Crippen molar-refractivity contribution in [1.29, 1.82) is 0 Å². The molecule has 0 aliphatic rings. The van der Waals surface area contributed by atoms with E-state index < -0.39 is 0 Å². The van der Waals surface area contributed by atoms with Crippen LogP contribution in [0.3, 0.4) is 0 Å². The second kappa shape index (κ2) is 9.71.